The topological polar surface area (TPSA) is 101 Å². The first kappa shape index (κ1) is 24.1. The zero-order valence-electron chi connectivity index (χ0n) is 18.1. The Labute approximate surface area is 186 Å². The van der Waals surface area contributed by atoms with Crippen molar-refractivity contribution in [1.29, 1.82) is 0 Å². The first-order chi connectivity index (χ1) is 14.8. The summed E-state index contributed by atoms with van der Waals surface area (Å²) in [5.74, 6) is -0.762. The van der Waals surface area contributed by atoms with Gasteiger partial charge in [-0.05, 0) is 50.3 Å². The molecule has 32 heavy (non-hydrogen) atoms. The van der Waals surface area contributed by atoms with Crippen LogP contribution in [0.1, 0.15) is 32.3 Å². The van der Waals surface area contributed by atoms with Gasteiger partial charge in [0.25, 0.3) is 5.91 Å². The lowest BCUT2D eigenvalue weighted by Gasteiger charge is -2.16. The van der Waals surface area contributed by atoms with Crippen molar-refractivity contribution in [2.24, 2.45) is 5.92 Å². The number of hydrogen-bond acceptors (Lipinski definition) is 5. The van der Waals surface area contributed by atoms with Crippen LogP contribution in [0.5, 0.6) is 0 Å². The van der Waals surface area contributed by atoms with Gasteiger partial charge < -0.3 is 10.4 Å². The van der Waals surface area contributed by atoms with Gasteiger partial charge in [-0.3, -0.25) is 9.48 Å². The molecule has 0 spiro atoms. The largest absolute Gasteiger partial charge is 0.389 e. The predicted octanol–water partition coefficient (Wildman–Crippen LogP) is 3.17. The fourth-order valence-electron chi connectivity index (χ4n) is 3.62. The molecule has 1 amide bonds. The predicted molar refractivity (Wildman–Crippen MR) is 117 cm³/mol. The maximum Gasteiger partial charge on any atom is 0.257 e. The van der Waals surface area contributed by atoms with E-state index in [4.69, 9.17) is 0 Å². The number of allylic oxidation sites excluding steroid dienone is 1. The number of benzene rings is 1. The van der Waals surface area contributed by atoms with Gasteiger partial charge in [-0.1, -0.05) is 18.2 Å². The van der Waals surface area contributed by atoms with Crippen LogP contribution in [-0.4, -0.2) is 53.4 Å². The summed E-state index contributed by atoms with van der Waals surface area (Å²) in [6.07, 6.45) is 1.01. The lowest BCUT2D eigenvalue weighted by atomic mass is 9.98. The second-order valence-corrected chi connectivity index (χ2v) is 10.8. The number of anilines is 1. The summed E-state index contributed by atoms with van der Waals surface area (Å²) >= 11 is 0. The number of halogens is 2. The van der Waals surface area contributed by atoms with Crippen LogP contribution in [0, 0.1) is 5.92 Å². The highest BCUT2D eigenvalue weighted by Crippen LogP contribution is 2.34. The van der Waals surface area contributed by atoms with Crippen molar-refractivity contribution < 1.29 is 27.1 Å². The van der Waals surface area contributed by atoms with Gasteiger partial charge >= 0.3 is 0 Å². The van der Waals surface area contributed by atoms with Gasteiger partial charge in [0.05, 0.1) is 17.0 Å². The summed E-state index contributed by atoms with van der Waals surface area (Å²) < 4.78 is 52.3. The molecule has 1 aliphatic carbocycles. The summed E-state index contributed by atoms with van der Waals surface area (Å²) in [6, 6.07) is 7.31. The summed E-state index contributed by atoms with van der Waals surface area (Å²) in [5.41, 5.74) is -0.398. The van der Waals surface area contributed by atoms with Gasteiger partial charge in [-0.2, -0.15) is 5.10 Å². The first-order valence-electron chi connectivity index (χ1n) is 10.2. The first-order valence-corrected chi connectivity index (χ1v) is 12.1. The highest BCUT2D eigenvalue weighted by molar-refractivity contribution is 7.90. The molecular formula is C22H27F2N3O4S. The second kappa shape index (κ2) is 9.11. The van der Waals surface area contributed by atoms with Crippen molar-refractivity contribution in [2.45, 2.75) is 56.1 Å². The number of aliphatic hydroxyl groups is 1. The molecule has 0 aliphatic heterocycles. The third-order valence-electron chi connectivity index (χ3n) is 5.12. The van der Waals surface area contributed by atoms with Crippen molar-refractivity contribution in [2.75, 3.05) is 11.6 Å². The smallest absolute Gasteiger partial charge is 0.257 e. The van der Waals surface area contributed by atoms with Gasteiger partial charge in [0.1, 0.15) is 12.3 Å². The Hall–Kier alpha value is -2.59. The number of hydrogen-bond donors (Lipinski definition) is 2. The number of nitrogens with one attached hydrogen (secondary N) is 1. The molecule has 7 nitrogen and oxygen atoms in total. The van der Waals surface area contributed by atoms with E-state index in [-0.39, 0.29) is 35.7 Å². The Morgan fingerprint density at radius 1 is 1.22 bits per heavy atom. The van der Waals surface area contributed by atoms with E-state index in [0.29, 0.717) is 5.56 Å². The highest BCUT2D eigenvalue weighted by atomic mass is 32.2. The molecule has 1 heterocycles. The monoisotopic (exact) mass is 467 g/mol. The average Bonchev–Trinajstić information content (AvgIpc) is 3.23. The molecule has 0 radical (unpaired) electrons. The van der Waals surface area contributed by atoms with Crippen LogP contribution in [-0.2, 0) is 21.2 Å². The minimum Gasteiger partial charge on any atom is -0.389 e. The Morgan fingerprint density at radius 3 is 2.34 bits per heavy atom. The summed E-state index contributed by atoms with van der Waals surface area (Å²) in [7, 11) is -3.42. The third kappa shape index (κ3) is 6.23. The van der Waals surface area contributed by atoms with E-state index in [1.54, 1.807) is 26.1 Å². The van der Waals surface area contributed by atoms with Crippen molar-refractivity contribution in [1.82, 2.24) is 9.78 Å². The molecule has 3 atom stereocenters. The van der Waals surface area contributed by atoms with Crippen LogP contribution < -0.4 is 5.32 Å². The van der Waals surface area contributed by atoms with E-state index in [2.05, 4.69) is 10.4 Å². The molecule has 2 aromatic rings. The fourth-order valence-corrected chi connectivity index (χ4v) is 4.25. The van der Waals surface area contributed by atoms with E-state index in [0.717, 1.165) is 6.26 Å². The molecule has 1 aliphatic rings. The van der Waals surface area contributed by atoms with E-state index in [1.807, 2.05) is 0 Å². The molecule has 0 unspecified atom stereocenters. The molecule has 1 aromatic heterocycles. The molecule has 1 fully saturated rings. The van der Waals surface area contributed by atoms with Gasteiger partial charge in [0.15, 0.2) is 15.7 Å². The van der Waals surface area contributed by atoms with Crippen LogP contribution in [0.2, 0.25) is 0 Å². The van der Waals surface area contributed by atoms with Gasteiger partial charge in [-0.15, -0.1) is 0 Å². The lowest BCUT2D eigenvalue weighted by molar-refractivity contribution is -0.111. The molecule has 3 rings (SSSR count). The van der Waals surface area contributed by atoms with E-state index in [1.165, 1.54) is 35.0 Å². The minimum atomic E-state index is -3.42. The maximum atomic E-state index is 13.7. The Balaban J connectivity index is 1.88. The molecule has 0 saturated heterocycles. The van der Waals surface area contributed by atoms with Crippen LogP contribution in [0.4, 0.5) is 14.6 Å². The molecule has 1 aromatic carbocycles. The molecule has 1 saturated carbocycles. The highest BCUT2D eigenvalue weighted by Gasteiger charge is 2.34. The van der Waals surface area contributed by atoms with Crippen molar-refractivity contribution >= 4 is 27.1 Å². The van der Waals surface area contributed by atoms with E-state index >= 15 is 0 Å². The molecule has 10 heteroatoms. The molecule has 2 N–H and O–H groups in total. The normalized spacial score (nSPS) is 22.2. The SMILES string of the molecule is CC(C)(O)Cn1ccc(NC(=O)/C(=C/[C@H]2C[C@@H](F)[C@@H](F)C2)c2ccc(S(C)(=O)=O)cc2)n1. The second-order valence-electron chi connectivity index (χ2n) is 8.81. The summed E-state index contributed by atoms with van der Waals surface area (Å²) in [4.78, 5) is 13.2. The van der Waals surface area contributed by atoms with Crippen molar-refractivity contribution in [3.05, 3.63) is 48.2 Å². The van der Waals surface area contributed by atoms with E-state index in [9.17, 15) is 27.1 Å². The maximum absolute atomic E-state index is 13.7. The fraction of sp³-hybridized carbons (Fsp3) is 0.455. The van der Waals surface area contributed by atoms with Crippen molar-refractivity contribution in [3.63, 3.8) is 0 Å². The number of amides is 1. The Kier molecular flexibility index (Phi) is 6.85. The number of alkyl halides is 2. The Bertz CT molecular complexity index is 1090. The Morgan fingerprint density at radius 2 is 1.81 bits per heavy atom. The number of carbonyl (C=O) groups excluding carboxylic acids is 1. The summed E-state index contributed by atoms with van der Waals surface area (Å²) in [6.45, 7) is 3.48. The van der Waals surface area contributed by atoms with Crippen LogP contribution in [0.3, 0.4) is 0 Å². The zero-order valence-corrected chi connectivity index (χ0v) is 18.9. The molecule has 0 bridgehead atoms. The van der Waals surface area contributed by atoms with Crippen LogP contribution in [0.15, 0.2) is 47.5 Å². The third-order valence-corrected chi connectivity index (χ3v) is 6.25. The van der Waals surface area contributed by atoms with Gasteiger partial charge in [-0.25, -0.2) is 17.2 Å². The van der Waals surface area contributed by atoms with E-state index < -0.39 is 39.6 Å². The summed E-state index contributed by atoms with van der Waals surface area (Å²) in [5, 5.41) is 16.8. The lowest BCUT2D eigenvalue weighted by Crippen LogP contribution is -2.26. The van der Waals surface area contributed by atoms with Crippen LogP contribution >= 0.6 is 0 Å². The average molecular weight is 468 g/mol. The quantitative estimate of drug-likeness (QED) is 0.609. The number of aromatic nitrogens is 2. The van der Waals surface area contributed by atoms with Crippen LogP contribution in [0.25, 0.3) is 5.57 Å². The zero-order chi connectivity index (χ0) is 23.7. The number of nitrogens with zero attached hydrogens (tertiary/aromatic N) is 2. The molecule has 174 valence electrons. The number of rotatable bonds is 7. The standard InChI is InChI=1S/C22H27F2N3O4S/c1-22(2,29)13-27-9-8-20(26-27)25-21(28)17(10-14-11-18(23)19(24)12-14)15-4-6-16(7-5-15)32(3,30)31/h4-10,14,18-19,29H,11-13H2,1-3H3,(H,25,26,28)/b17-10+/t14-,18+,19-. The van der Waals surface area contributed by atoms with Crippen molar-refractivity contribution in [3.8, 4) is 0 Å². The number of carbonyl (C=O) groups is 1. The number of sulfone groups is 1. The van der Waals surface area contributed by atoms with Gasteiger partial charge in [0, 0.05) is 24.1 Å². The van der Waals surface area contributed by atoms with Gasteiger partial charge in [0.2, 0.25) is 0 Å². The molecular weight excluding hydrogens is 440 g/mol. The minimum absolute atomic E-state index is 0.0282.